The summed E-state index contributed by atoms with van der Waals surface area (Å²) >= 11 is 0. The minimum Gasteiger partial charge on any atom is -0.453 e. The fraction of sp³-hybridized carbons (Fsp3) is 0.419. The number of rotatable bonds is 3. The molecule has 1 aliphatic carbocycles. The normalized spacial score (nSPS) is 23.4. The number of carbonyl (C=O) groups is 1. The highest BCUT2D eigenvalue weighted by atomic mass is 19.1. The summed E-state index contributed by atoms with van der Waals surface area (Å²) < 4.78 is 37.4. The number of aromatic nitrogens is 6. The quantitative estimate of drug-likeness (QED) is 0.317. The van der Waals surface area contributed by atoms with Gasteiger partial charge in [-0.1, -0.05) is 24.3 Å². The first-order valence-corrected chi connectivity index (χ1v) is 14.6. The highest BCUT2D eigenvalue weighted by Gasteiger charge is 2.40. The van der Waals surface area contributed by atoms with Gasteiger partial charge in [-0.2, -0.15) is 4.39 Å². The minimum absolute atomic E-state index is 0.218. The van der Waals surface area contributed by atoms with Crippen LogP contribution in [-0.2, 0) is 33.9 Å². The molecule has 0 spiro atoms. The van der Waals surface area contributed by atoms with Crippen LogP contribution in [0.3, 0.4) is 0 Å². The third kappa shape index (κ3) is 4.25. The highest BCUT2D eigenvalue weighted by molar-refractivity contribution is 6.14. The van der Waals surface area contributed by atoms with Gasteiger partial charge in [0.25, 0.3) is 0 Å². The topological polar surface area (TPSA) is 130 Å². The number of ether oxygens (including phenoxy) is 3. The van der Waals surface area contributed by atoms with E-state index in [2.05, 4.69) is 15.4 Å². The molecular weight excluding hydrogens is 569 g/mol. The molecule has 4 aromatic heterocycles. The number of methoxy groups -OCH3 is 2. The predicted molar refractivity (Wildman–Crippen MR) is 161 cm³/mol. The van der Waals surface area contributed by atoms with Crippen LogP contribution in [-0.4, -0.2) is 67.9 Å². The highest BCUT2D eigenvalue weighted by Crippen LogP contribution is 2.44. The largest absolute Gasteiger partial charge is 0.453 e. The molecule has 1 aromatic carbocycles. The number of carbonyl (C=O) groups excluding carboxylic acids is 1. The predicted octanol–water partition coefficient (Wildman–Crippen LogP) is 4.13. The van der Waals surface area contributed by atoms with Crippen molar-refractivity contribution < 1.29 is 23.4 Å². The number of imidazole rings is 1. The Kier molecular flexibility index (Phi) is 6.63. The molecule has 8 rings (SSSR count). The molecule has 1 unspecified atom stereocenters. The van der Waals surface area contributed by atoms with Crippen LogP contribution in [0.15, 0.2) is 41.5 Å². The Hall–Kier alpha value is -4.49. The lowest BCUT2D eigenvalue weighted by Gasteiger charge is -2.30. The third-order valence-corrected chi connectivity index (χ3v) is 9.40. The number of aryl methyl sites for hydroxylation is 2. The number of pyridine rings is 1. The molecule has 3 aliphatic rings. The van der Waals surface area contributed by atoms with E-state index in [1.807, 2.05) is 31.2 Å². The van der Waals surface area contributed by atoms with Crippen molar-refractivity contribution in [2.75, 3.05) is 20.8 Å². The third-order valence-electron chi connectivity index (χ3n) is 9.40. The van der Waals surface area contributed by atoms with Gasteiger partial charge in [0, 0.05) is 45.4 Å². The molecule has 230 valence electrons. The van der Waals surface area contributed by atoms with Gasteiger partial charge in [-0.3, -0.25) is 13.8 Å². The molecule has 5 aromatic rings. The van der Waals surface area contributed by atoms with E-state index in [9.17, 15) is 9.59 Å². The van der Waals surface area contributed by atoms with E-state index in [-0.39, 0.29) is 17.8 Å². The fourth-order valence-electron chi connectivity index (χ4n) is 6.93. The Morgan fingerprint density at radius 1 is 1.20 bits per heavy atom. The molecule has 4 atom stereocenters. The van der Waals surface area contributed by atoms with Crippen molar-refractivity contribution in [1.82, 2.24) is 34.2 Å². The van der Waals surface area contributed by atoms with E-state index in [0.29, 0.717) is 64.8 Å². The molecule has 0 saturated heterocycles. The van der Waals surface area contributed by atoms with Crippen LogP contribution in [0.5, 0.6) is 0 Å². The summed E-state index contributed by atoms with van der Waals surface area (Å²) in [6.07, 6.45) is 3.82. The van der Waals surface area contributed by atoms with E-state index in [1.54, 1.807) is 42.7 Å². The van der Waals surface area contributed by atoms with E-state index in [1.165, 1.54) is 11.8 Å². The van der Waals surface area contributed by atoms with Crippen LogP contribution in [0, 0.1) is 5.95 Å². The summed E-state index contributed by atoms with van der Waals surface area (Å²) in [5.41, 5.74) is 4.22. The van der Waals surface area contributed by atoms with Gasteiger partial charge >= 0.3 is 11.8 Å². The van der Waals surface area contributed by atoms with Crippen LogP contribution >= 0.6 is 0 Å². The molecule has 1 amide bonds. The molecule has 1 saturated carbocycles. The van der Waals surface area contributed by atoms with Crippen molar-refractivity contribution >= 4 is 28.2 Å². The molecule has 2 N–H and O–H groups in total. The van der Waals surface area contributed by atoms with Crippen LogP contribution in [0.2, 0.25) is 0 Å². The maximum atomic E-state index is 15.3. The fourth-order valence-corrected chi connectivity index (χ4v) is 6.93. The van der Waals surface area contributed by atoms with Crippen molar-refractivity contribution in [3.8, 4) is 22.4 Å². The molecule has 6 heterocycles. The van der Waals surface area contributed by atoms with Gasteiger partial charge in [-0.25, -0.2) is 14.6 Å². The second kappa shape index (κ2) is 10.3. The van der Waals surface area contributed by atoms with Crippen molar-refractivity contribution in [3.63, 3.8) is 0 Å². The van der Waals surface area contributed by atoms with Crippen LogP contribution in [0.1, 0.15) is 37.8 Å². The number of nitrogens with one attached hydrogen (secondary N) is 2. The number of nitrogens with zero attached hydrogens (tertiary/aromatic N) is 5. The van der Waals surface area contributed by atoms with E-state index in [0.717, 1.165) is 11.1 Å². The number of halogens is 1. The molecule has 4 bridgehead atoms. The number of hydrogen-bond acceptors (Lipinski definition) is 7. The summed E-state index contributed by atoms with van der Waals surface area (Å²) in [7, 11) is 6.37. The lowest BCUT2D eigenvalue weighted by molar-refractivity contribution is -0.0448. The molecule has 0 radical (unpaired) electrons. The number of H-pyrrole nitrogens is 1. The lowest BCUT2D eigenvalue weighted by atomic mass is 9.90. The number of aromatic amines is 1. The second-order valence-corrected chi connectivity index (χ2v) is 11.8. The van der Waals surface area contributed by atoms with Gasteiger partial charge in [0.15, 0.2) is 0 Å². The van der Waals surface area contributed by atoms with E-state index >= 15 is 4.39 Å². The molecule has 12 nitrogen and oxygen atoms in total. The minimum atomic E-state index is -0.656. The molecular formula is C31H34FN7O5. The van der Waals surface area contributed by atoms with Gasteiger partial charge in [0.05, 0.1) is 65.3 Å². The zero-order chi connectivity index (χ0) is 30.9. The number of hydrogen-bond donors (Lipinski definition) is 2. The number of fused-ring (bicyclic) bond motifs is 5. The maximum absolute atomic E-state index is 15.3. The van der Waals surface area contributed by atoms with Crippen LogP contribution < -0.4 is 11.0 Å². The summed E-state index contributed by atoms with van der Waals surface area (Å²) in [5, 5.41) is 7.56. The molecule has 2 aliphatic heterocycles. The standard InChI is InChI=1S/C31H34FN7O5/c1-31(43-5)10-11-44-22-13-18(12-20(22)34-29(40)42-4)39-26-21(38(3)30(39)41)14-33-28-24(26)23(16-6-8-17(31)9-7-16)25(35-28)19-15-37(2)36-27(19)32/h6-9,14-15,18,20,22H,10-13H2,1-5H3,(H,33,35)(H,34,40)/t18-,20-,22+,31?/m0/s1. The average Bonchev–Trinajstić information content (AvgIpc) is 3.75. The summed E-state index contributed by atoms with van der Waals surface area (Å²) in [6, 6.07) is 7.27. The number of alkyl carbamates (subject to hydrolysis) is 1. The van der Waals surface area contributed by atoms with Crippen LogP contribution in [0.25, 0.3) is 44.5 Å². The van der Waals surface area contributed by atoms with E-state index in [4.69, 9.17) is 19.2 Å². The van der Waals surface area contributed by atoms with Crippen molar-refractivity contribution in [2.24, 2.45) is 14.1 Å². The Balaban J connectivity index is 1.56. The lowest BCUT2D eigenvalue weighted by Crippen LogP contribution is -2.41. The Morgan fingerprint density at radius 2 is 1.98 bits per heavy atom. The van der Waals surface area contributed by atoms with Gasteiger partial charge in [0.1, 0.15) is 5.65 Å². The Morgan fingerprint density at radius 3 is 2.66 bits per heavy atom. The maximum Gasteiger partial charge on any atom is 0.407 e. The van der Waals surface area contributed by atoms with Crippen molar-refractivity contribution in [1.29, 1.82) is 0 Å². The number of benzene rings is 1. The first kappa shape index (κ1) is 28.3. The summed E-state index contributed by atoms with van der Waals surface area (Å²) in [5.74, 6) is -0.621. The van der Waals surface area contributed by atoms with Gasteiger partial charge in [0.2, 0.25) is 5.95 Å². The first-order chi connectivity index (χ1) is 21.1. The van der Waals surface area contributed by atoms with Crippen molar-refractivity contribution in [3.05, 3.63) is 58.7 Å². The zero-order valence-corrected chi connectivity index (χ0v) is 25.2. The zero-order valence-electron chi connectivity index (χ0n) is 25.2. The molecule has 44 heavy (non-hydrogen) atoms. The number of amides is 1. The SMILES string of the molecule is COC(=O)N[C@H]1C[C@H]2C[C@H]1OCCC(C)(OC)c1ccc(cc1)-c1c(-c3cn(C)nc3F)[nH]c3ncc4c(c13)n2c(=O)n4C. The summed E-state index contributed by atoms with van der Waals surface area (Å²) in [4.78, 5) is 34.4. The first-order valence-electron chi connectivity index (χ1n) is 14.6. The average molecular weight is 604 g/mol. The van der Waals surface area contributed by atoms with Crippen LogP contribution in [0.4, 0.5) is 9.18 Å². The Labute approximate surface area is 251 Å². The molecule has 1 fully saturated rings. The van der Waals surface area contributed by atoms with Gasteiger partial charge in [-0.15, -0.1) is 5.10 Å². The van der Waals surface area contributed by atoms with Crippen molar-refractivity contribution in [2.45, 2.75) is 50.0 Å². The monoisotopic (exact) mass is 603 g/mol. The smallest absolute Gasteiger partial charge is 0.407 e. The molecule has 13 heteroatoms. The summed E-state index contributed by atoms with van der Waals surface area (Å²) in [6.45, 7) is 2.38. The Bertz CT molecular complexity index is 1970. The second-order valence-electron chi connectivity index (χ2n) is 11.8. The van der Waals surface area contributed by atoms with Gasteiger partial charge < -0.3 is 24.5 Å². The van der Waals surface area contributed by atoms with E-state index < -0.39 is 23.7 Å². The van der Waals surface area contributed by atoms with Gasteiger partial charge in [-0.05, 0) is 30.9 Å².